The second-order valence-corrected chi connectivity index (χ2v) is 6.56. The number of hydrogen-bond donors (Lipinski definition) is 1. The number of rotatable bonds is 1. The van der Waals surface area contributed by atoms with Crippen molar-refractivity contribution in [2.24, 2.45) is 5.41 Å². The molecule has 0 amide bonds. The summed E-state index contributed by atoms with van der Waals surface area (Å²) in [4.78, 5) is 2.71. The molecule has 2 fully saturated rings. The van der Waals surface area contributed by atoms with E-state index in [-0.39, 0.29) is 0 Å². The van der Waals surface area contributed by atoms with E-state index in [1.165, 1.54) is 38.9 Å². The summed E-state index contributed by atoms with van der Waals surface area (Å²) in [6.45, 7) is 12.6. The molecule has 0 aromatic carbocycles. The Morgan fingerprint density at radius 2 is 1.88 bits per heavy atom. The van der Waals surface area contributed by atoms with E-state index in [1.54, 1.807) is 0 Å². The molecule has 0 saturated carbocycles. The van der Waals surface area contributed by atoms with E-state index in [4.69, 9.17) is 4.74 Å². The van der Waals surface area contributed by atoms with Crippen LogP contribution >= 0.6 is 0 Å². The Morgan fingerprint density at radius 1 is 1.18 bits per heavy atom. The van der Waals surface area contributed by atoms with Crippen molar-refractivity contribution in [2.45, 2.75) is 52.1 Å². The normalized spacial score (nSPS) is 30.2. The van der Waals surface area contributed by atoms with Crippen LogP contribution in [0.15, 0.2) is 0 Å². The van der Waals surface area contributed by atoms with E-state index in [0.717, 1.165) is 19.3 Å². The van der Waals surface area contributed by atoms with Crippen LogP contribution in [0.2, 0.25) is 0 Å². The number of nitrogens with zero attached hydrogens (tertiary/aromatic N) is 1. The van der Waals surface area contributed by atoms with Gasteiger partial charge in [0.15, 0.2) is 0 Å². The molecule has 0 aliphatic carbocycles. The maximum absolute atomic E-state index is 5.47. The van der Waals surface area contributed by atoms with E-state index in [0.29, 0.717) is 11.5 Å². The Labute approximate surface area is 106 Å². The molecule has 0 aromatic heterocycles. The van der Waals surface area contributed by atoms with Gasteiger partial charge in [0.25, 0.3) is 0 Å². The fraction of sp³-hybridized carbons (Fsp3) is 1.00. The maximum atomic E-state index is 5.47. The van der Waals surface area contributed by atoms with Gasteiger partial charge in [-0.25, -0.2) is 0 Å². The average Bonchev–Trinajstić information content (AvgIpc) is 2.55. The van der Waals surface area contributed by atoms with Crippen LogP contribution < -0.4 is 5.32 Å². The highest BCUT2D eigenvalue weighted by molar-refractivity contribution is 4.88. The van der Waals surface area contributed by atoms with Crippen molar-refractivity contribution in [3.63, 3.8) is 0 Å². The Hall–Kier alpha value is -0.120. The summed E-state index contributed by atoms with van der Waals surface area (Å²) in [7, 11) is 0. The minimum Gasteiger partial charge on any atom is -0.381 e. The van der Waals surface area contributed by atoms with Crippen molar-refractivity contribution in [1.29, 1.82) is 0 Å². The summed E-state index contributed by atoms with van der Waals surface area (Å²) in [5, 5.41) is 3.72. The zero-order chi connectivity index (χ0) is 12.3. The molecule has 3 heteroatoms. The van der Waals surface area contributed by atoms with Gasteiger partial charge in [0.05, 0.1) is 0 Å². The SMILES string of the molecule is CC(C)(C)C1CN(C2CCOCC2)CCCN1. The predicted octanol–water partition coefficient (Wildman–Crippen LogP) is 1.88. The second kappa shape index (κ2) is 5.68. The number of nitrogens with one attached hydrogen (secondary N) is 1. The van der Waals surface area contributed by atoms with Crippen molar-refractivity contribution in [3.05, 3.63) is 0 Å². The van der Waals surface area contributed by atoms with Crippen molar-refractivity contribution in [2.75, 3.05) is 32.8 Å². The Morgan fingerprint density at radius 3 is 2.53 bits per heavy atom. The lowest BCUT2D eigenvalue weighted by Gasteiger charge is -2.38. The molecule has 1 atom stereocenters. The molecule has 2 aliphatic rings. The first-order valence-corrected chi connectivity index (χ1v) is 7.12. The fourth-order valence-corrected chi connectivity index (χ4v) is 2.91. The van der Waals surface area contributed by atoms with Gasteiger partial charge in [-0.1, -0.05) is 20.8 Å². The van der Waals surface area contributed by atoms with E-state index < -0.39 is 0 Å². The van der Waals surface area contributed by atoms with Gasteiger partial charge in [-0.15, -0.1) is 0 Å². The highest BCUT2D eigenvalue weighted by Gasteiger charge is 2.31. The molecule has 3 nitrogen and oxygen atoms in total. The first-order valence-electron chi connectivity index (χ1n) is 7.12. The Bertz CT molecular complexity index is 231. The molecule has 2 saturated heterocycles. The fourth-order valence-electron chi connectivity index (χ4n) is 2.91. The Kier molecular flexibility index (Phi) is 4.45. The van der Waals surface area contributed by atoms with Gasteiger partial charge < -0.3 is 10.1 Å². The predicted molar refractivity (Wildman–Crippen MR) is 71.3 cm³/mol. The highest BCUT2D eigenvalue weighted by Crippen LogP contribution is 2.24. The standard InChI is InChI=1S/C14H28N2O/c1-14(2,3)13-11-16(8-4-7-15-13)12-5-9-17-10-6-12/h12-13,15H,4-11H2,1-3H3. The van der Waals surface area contributed by atoms with Crippen molar-refractivity contribution in [1.82, 2.24) is 10.2 Å². The summed E-state index contributed by atoms with van der Waals surface area (Å²) in [6, 6.07) is 1.38. The number of ether oxygens (including phenoxy) is 1. The Balaban J connectivity index is 1.96. The summed E-state index contributed by atoms with van der Waals surface area (Å²) < 4.78 is 5.47. The molecule has 1 N–H and O–H groups in total. The number of hydrogen-bond acceptors (Lipinski definition) is 3. The van der Waals surface area contributed by atoms with E-state index >= 15 is 0 Å². The lowest BCUT2D eigenvalue weighted by Crippen LogP contribution is -2.49. The van der Waals surface area contributed by atoms with Gasteiger partial charge in [-0.05, 0) is 37.8 Å². The molecule has 2 rings (SSSR count). The van der Waals surface area contributed by atoms with E-state index in [9.17, 15) is 0 Å². The van der Waals surface area contributed by atoms with Gasteiger partial charge in [0.1, 0.15) is 0 Å². The molecule has 0 radical (unpaired) electrons. The van der Waals surface area contributed by atoms with Gasteiger partial charge >= 0.3 is 0 Å². The van der Waals surface area contributed by atoms with Crippen molar-refractivity contribution >= 4 is 0 Å². The quantitative estimate of drug-likeness (QED) is 0.757. The molecule has 0 spiro atoms. The molecule has 2 aliphatic heterocycles. The van der Waals surface area contributed by atoms with Crippen LogP contribution in [0.3, 0.4) is 0 Å². The van der Waals surface area contributed by atoms with Crippen molar-refractivity contribution < 1.29 is 4.74 Å². The third-order valence-corrected chi connectivity index (χ3v) is 4.18. The first-order chi connectivity index (χ1) is 8.07. The molecule has 0 bridgehead atoms. The third kappa shape index (κ3) is 3.67. The highest BCUT2D eigenvalue weighted by atomic mass is 16.5. The van der Waals surface area contributed by atoms with Crippen LogP contribution in [0.1, 0.15) is 40.0 Å². The summed E-state index contributed by atoms with van der Waals surface area (Å²) in [5.74, 6) is 0. The van der Waals surface area contributed by atoms with Crippen LogP contribution in [0.25, 0.3) is 0 Å². The largest absolute Gasteiger partial charge is 0.381 e. The minimum absolute atomic E-state index is 0.355. The van der Waals surface area contributed by atoms with Crippen LogP contribution in [-0.4, -0.2) is 49.8 Å². The van der Waals surface area contributed by atoms with Crippen LogP contribution in [0.4, 0.5) is 0 Å². The maximum Gasteiger partial charge on any atom is 0.0480 e. The average molecular weight is 240 g/mol. The molecular formula is C14H28N2O. The van der Waals surface area contributed by atoms with Gasteiger partial charge in [0.2, 0.25) is 0 Å². The van der Waals surface area contributed by atoms with E-state index in [1.807, 2.05) is 0 Å². The summed E-state index contributed by atoms with van der Waals surface area (Å²) in [5.41, 5.74) is 0.355. The van der Waals surface area contributed by atoms with E-state index in [2.05, 4.69) is 31.0 Å². The smallest absolute Gasteiger partial charge is 0.0480 e. The zero-order valence-corrected chi connectivity index (χ0v) is 11.7. The van der Waals surface area contributed by atoms with Crippen LogP contribution in [0, 0.1) is 5.41 Å². The van der Waals surface area contributed by atoms with Crippen LogP contribution in [0.5, 0.6) is 0 Å². The van der Waals surface area contributed by atoms with Crippen molar-refractivity contribution in [3.8, 4) is 0 Å². The summed E-state index contributed by atoms with van der Waals surface area (Å²) >= 11 is 0. The lowest BCUT2D eigenvalue weighted by molar-refractivity contribution is 0.0292. The molecule has 0 aromatic rings. The van der Waals surface area contributed by atoms with Gasteiger partial charge in [0, 0.05) is 31.8 Å². The summed E-state index contributed by atoms with van der Waals surface area (Å²) in [6.07, 6.45) is 3.72. The monoisotopic (exact) mass is 240 g/mol. The molecule has 2 heterocycles. The topological polar surface area (TPSA) is 24.5 Å². The molecular weight excluding hydrogens is 212 g/mol. The van der Waals surface area contributed by atoms with Gasteiger partial charge in [-0.3, -0.25) is 4.90 Å². The lowest BCUT2D eigenvalue weighted by atomic mass is 9.86. The third-order valence-electron chi connectivity index (χ3n) is 4.18. The minimum atomic E-state index is 0.355. The van der Waals surface area contributed by atoms with Crippen LogP contribution in [-0.2, 0) is 4.74 Å². The zero-order valence-electron chi connectivity index (χ0n) is 11.7. The molecule has 100 valence electrons. The second-order valence-electron chi connectivity index (χ2n) is 6.56. The molecule has 1 unspecified atom stereocenters. The first kappa shape index (κ1) is 13.3. The van der Waals surface area contributed by atoms with Gasteiger partial charge in [-0.2, -0.15) is 0 Å². The molecule has 17 heavy (non-hydrogen) atoms.